The van der Waals surface area contributed by atoms with Gasteiger partial charge in [0.05, 0.1) is 26.2 Å². The van der Waals surface area contributed by atoms with Crippen molar-refractivity contribution in [1.82, 2.24) is 0 Å². The predicted octanol–water partition coefficient (Wildman–Crippen LogP) is 1.09. The van der Waals surface area contributed by atoms with Gasteiger partial charge in [0.2, 0.25) is 0 Å². The van der Waals surface area contributed by atoms with Crippen LogP contribution in [-0.4, -0.2) is 49.8 Å². The van der Waals surface area contributed by atoms with Gasteiger partial charge in [-0.25, -0.2) is 4.79 Å². The molecule has 0 aromatic heterocycles. The first kappa shape index (κ1) is 22.8. The molecule has 2 aromatic carbocycles. The molecular weight excluding hydrogens is 392 g/mol. The number of benzene rings is 2. The summed E-state index contributed by atoms with van der Waals surface area (Å²) in [5.41, 5.74) is 4.61. The Morgan fingerprint density at radius 1 is 1.03 bits per heavy atom. The Bertz CT molecular complexity index is 868. The molecule has 0 radical (unpaired) electrons. The number of nitrogens with zero attached hydrogens (tertiary/aromatic N) is 1. The molecule has 2 aliphatic rings. The number of para-hydroxylation sites is 1. The molecule has 0 aliphatic carbocycles. The maximum absolute atomic E-state index is 9.04. The van der Waals surface area contributed by atoms with Crippen LogP contribution in [0.5, 0.6) is 0 Å². The Morgan fingerprint density at radius 2 is 1.65 bits per heavy atom. The average Bonchev–Trinajstić information content (AvgIpc) is 3.14. The molecule has 0 amide bonds. The van der Waals surface area contributed by atoms with Gasteiger partial charge in [0.15, 0.2) is 5.97 Å². The molecule has 31 heavy (non-hydrogen) atoms. The number of hydrogen-bond donors (Lipinski definition) is 2. The van der Waals surface area contributed by atoms with Crippen molar-refractivity contribution in [1.29, 1.82) is 0 Å². The zero-order valence-electron chi connectivity index (χ0n) is 18.2. The van der Waals surface area contributed by atoms with Crippen LogP contribution in [0.3, 0.4) is 0 Å². The van der Waals surface area contributed by atoms with Gasteiger partial charge >= 0.3 is 5.97 Å². The van der Waals surface area contributed by atoms with E-state index in [-0.39, 0.29) is 5.41 Å². The van der Waals surface area contributed by atoms with E-state index in [0.717, 1.165) is 13.0 Å². The molecule has 2 N–H and O–H groups in total. The van der Waals surface area contributed by atoms with Gasteiger partial charge < -0.3 is 24.8 Å². The van der Waals surface area contributed by atoms with Gasteiger partial charge in [0, 0.05) is 17.6 Å². The molecule has 2 aliphatic heterocycles. The quantitative estimate of drug-likeness (QED) is 0.702. The van der Waals surface area contributed by atoms with Crippen LogP contribution in [0.25, 0.3) is 0 Å². The lowest BCUT2D eigenvalue weighted by molar-refractivity contribution is -0.903. The number of aliphatic carboxylic acids is 2. The van der Waals surface area contributed by atoms with Crippen LogP contribution in [0, 0.1) is 0 Å². The molecule has 0 saturated carbocycles. The highest BCUT2D eigenvalue weighted by Crippen LogP contribution is 2.46. The highest BCUT2D eigenvalue weighted by molar-refractivity contribution is 6.26. The number of rotatable bonds is 5. The average molecular weight is 425 g/mol. The number of carboxylic acids is 2. The smallest absolute Gasteiger partial charge is 0.351 e. The molecular formula is C25H32N2O4. The first-order valence-corrected chi connectivity index (χ1v) is 11.2. The SMILES string of the molecule is CCC1(c2ccccc2)CN(CC[NH+]2CCCCC2)c2ccccc21.O=C([O-])C(=O)O. The summed E-state index contributed by atoms with van der Waals surface area (Å²) in [6.45, 7) is 8.67. The Morgan fingerprint density at radius 3 is 2.26 bits per heavy atom. The summed E-state index contributed by atoms with van der Waals surface area (Å²) in [6, 6.07) is 20.3. The fourth-order valence-electron chi connectivity index (χ4n) is 4.95. The lowest BCUT2D eigenvalue weighted by Crippen LogP contribution is -3.13. The number of quaternary nitrogens is 1. The van der Waals surface area contributed by atoms with Crippen LogP contribution >= 0.6 is 0 Å². The molecule has 6 heteroatoms. The first-order valence-electron chi connectivity index (χ1n) is 11.2. The third kappa shape index (κ3) is 5.25. The number of nitrogens with one attached hydrogen (secondary N) is 1. The van der Waals surface area contributed by atoms with E-state index in [1.807, 2.05) is 0 Å². The summed E-state index contributed by atoms with van der Waals surface area (Å²) in [6.07, 6.45) is 5.41. The van der Waals surface area contributed by atoms with Crippen molar-refractivity contribution in [2.45, 2.75) is 38.0 Å². The van der Waals surface area contributed by atoms with Gasteiger partial charge in [0.1, 0.15) is 0 Å². The van der Waals surface area contributed by atoms with Gasteiger partial charge in [0.25, 0.3) is 0 Å². The molecule has 2 heterocycles. The number of carbonyl (C=O) groups is 2. The molecule has 1 saturated heterocycles. The van der Waals surface area contributed by atoms with E-state index in [0.29, 0.717) is 0 Å². The Kier molecular flexibility index (Phi) is 7.69. The topological polar surface area (TPSA) is 85.1 Å². The number of anilines is 1. The van der Waals surface area contributed by atoms with E-state index in [2.05, 4.69) is 66.4 Å². The van der Waals surface area contributed by atoms with E-state index < -0.39 is 11.9 Å². The number of hydrogen-bond acceptors (Lipinski definition) is 4. The van der Waals surface area contributed by atoms with Gasteiger partial charge in [-0.3, -0.25) is 0 Å². The Balaban J connectivity index is 0.000000401. The zero-order valence-corrected chi connectivity index (χ0v) is 18.2. The van der Waals surface area contributed by atoms with Gasteiger partial charge in [-0.2, -0.15) is 0 Å². The highest BCUT2D eigenvalue weighted by Gasteiger charge is 2.42. The molecule has 4 rings (SSSR count). The fraction of sp³-hybridized carbons (Fsp3) is 0.440. The normalized spacial score (nSPS) is 20.5. The minimum Gasteiger partial charge on any atom is -0.539 e. The standard InChI is InChI=1S/C23H30N2.C2H2O4/c1-2-23(20-11-5-3-6-12-20)19-25(22-14-8-7-13-21(22)23)18-17-24-15-9-4-10-16-24;3-1(4)2(5)6/h3,5-8,11-14H,2,4,9-10,15-19H2,1H3;(H,3,4)(H,5,6). The summed E-state index contributed by atoms with van der Waals surface area (Å²) in [5, 5.41) is 16.3. The first-order chi connectivity index (χ1) is 15.0. The van der Waals surface area contributed by atoms with Crippen molar-refractivity contribution in [3.05, 3.63) is 65.7 Å². The van der Waals surface area contributed by atoms with Crippen molar-refractivity contribution in [2.75, 3.05) is 37.6 Å². The fourth-order valence-corrected chi connectivity index (χ4v) is 4.95. The summed E-state index contributed by atoms with van der Waals surface area (Å²) in [5.74, 6) is -4.01. The number of likely N-dealkylation sites (tertiary alicyclic amines) is 1. The molecule has 2 aromatic rings. The minimum atomic E-state index is -2.07. The summed E-state index contributed by atoms with van der Waals surface area (Å²) < 4.78 is 0. The molecule has 1 atom stereocenters. The van der Waals surface area contributed by atoms with Crippen LogP contribution < -0.4 is 14.9 Å². The van der Waals surface area contributed by atoms with Crippen LogP contribution in [0.1, 0.15) is 43.7 Å². The van der Waals surface area contributed by atoms with Crippen molar-refractivity contribution in [3.63, 3.8) is 0 Å². The van der Waals surface area contributed by atoms with Crippen LogP contribution in [0.2, 0.25) is 0 Å². The third-order valence-electron chi connectivity index (χ3n) is 6.62. The van der Waals surface area contributed by atoms with Crippen molar-refractivity contribution in [3.8, 4) is 0 Å². The number of carboxylic acid groups (broad SMARTS) is 2. The summed E-state index contributed by atoms with van der Waals surface area (Å²) >= 11 is 0. The van der Waals surface area contributed by atoms with Crippen molar-refractivity contribution >= 4 is 17.6 Å². The maximum atomic E-state index is 9.04. The number of carbonyl (C=O) groups excluding carboxylic acids is 1. The highest BCUT2D eigenvalue weighted by atomic mass is 16.4. The minimum absolute atomic E-state index is 0.148. The largest absolute Gasteiger partial charge is 0.539 e. The second-order valence-corrected chi connectivity index (χ2v) is 8.39. The van der Waals surface area contributed by atoms with E-state index in [4.69, 9.17) is 19.8 Å². The van der Waals surface area contributed by atoms with Gasteiger partial charge in [-0.1, -0.05) is 55.5 Å². The predicted molar refractivity (Wildman–Crippen MR) is 118 cm³/mol. The summed E-state index contributed by atoms with van der Waals surface area (Å²) in [4.78, 5) is 22.5. The number of piperidine rings is 1. The molecule has 6 nitrogen and oxygen atoms in total. The molecule has 166 valence electrons. The monoisotopic (exact) mass is 424 g/mol. The van der Waals surface area contributed by atoms with E-state index in [1.54, 1.807) is 4.90 Å². The Labute approximate surface area is 184 Å². The second kappa shape index (κ2) is 10.4. The van der Waals surface area contributed by atoms with E-state index in [9.17, 15) is 0 Å². The molecule has 1 fully saturated rings. The van der Waals surface area contributed by atoms with Crippen LogP contribution in [0.4, 0.5) is 5.69 Å². The van der Waals surface area contributed by atoms with Gasteiger partial charge in [-0.05, 0) is 42.9 Å². The second-order valence-electron chi connectivity index (χ2n) is 8.39. The van der Waals surface area contributed by atoms with Crippen molar-refractivity contribution in [2.24, 2.45) is 0 Å². The maximum Gasteiger partial charge on any atom is 0.351 e. The lowest BCUT2D eigenvalue weighted by Gasteiger charge is -2.31. The third-order valence-corrected chi connectivity index (χ3v) is 6.62. The lowest BCUT2D eigenvalue weighted by atomic mass is 9.74. The van der Waals surface area contributed by atoms with E-state index in [1.165, 1.54) is 62.3 Å². The molecule has 0 bridgehead atoms. The number of fused-ring (bicyclic) bond motifs is 1. The van der Waals surface area contributed by atoms with Crippen molar-refractivity contribution < 1.29 is 24.7 Å². The summed E-state index contributed by atoms with van der Waals surface area (Å²) in [7, 11) is 0. The van der Waals surface area contributed by atoms with Crippen LogP contribution in [0.15, 0.2) is 54.6 Å². The molecule has 0 spiro atoms. The Hall–Kier alpha value is -2.86. The van der Waals surface area contributed by atoms with E-state index >= 15 is 0 Å². The zero-order chi connectivity index (χ0) is 22.3. The van der Waals surface area contributed by atoms with Gasteiger partial charge in [-0.15, -0.1) is 0 Å². The van der Waals surface area contributed by atoms with Crippen LogP contribution in [-0.2, 0) is 15.0 Å². The molecule has 1 unspecified atom stereocenters.